The molecule has 1 saturated heterocycles. The molecule has 1 heterocycles. The van der Waals surface area contributed by atoms with Crippen molar-refractivity contribution < 1.29 is 27.4 Å². The van der Waals surface area contributed by atoms with Crippen LogP contribution in [0.4, 0.5) is 18.0 Å². The third-order valence-electron chi connectivity index (χ3n) is 3.89. The first-order chi connectivity index (χ1) is 11.5. The second kappa shape index (κ2) is 7.14. The first-order valence-electron chi connectivity index (χ1n) is 8.28. The molecule has 0 aromatic heterocycles. The fourth-order valence-electron chi connectivity index (χ4n) is 2.62. The lowest BCUT2D eigenvalue weighted by atomic mass is 10.1. The van der Waals surface area contributed by atoms with Crippen LogP contribution < -0.4 is 4.74 Å². The number of amides is 1. The summed E-state index contributed by atoms with van der Waals surface area (Å²) in [5, 5.41) is 0. The molecule has 1 aromatic carbocycles. The van der Waals surface area contributed by atoms with E-state index in [1.165, 1.54) is 6.07 Å². The molecule has 0 atom stereocenters. The van der Waals surface area contributed by atoms with Crippen molar-refractivity contribution in [2.75, 3.05) is 13.1 Å². The molecule has 1 aliphatic rings. The molecule has 0 N–H and O–H groups in total. The molecule has 25 heavy (non-hydrogen) atoms. The molecule has 0 aliphatic carbocycles. The summed E-state index contributed by atoms with van der Waals surface area (Å²) in [5.41, 5.74) is -0.775. The van der Waals surface area contributed by atoms with Crippen LogP contribution in [0, 0.1) is 6.92 Å². The number of benzene rings is 1. The maximum Gasteiger partial charge on any atom is 0.416 e. The minimum atomic E-state index is -4.36. The number of aryl methyl sites for hydroxylation is 1. The van der Waals surface area contributed by atoms with Crippen LogP contribution in [0.3, 0.4) is 0 Å². The quantitative estimate of drug-likeness (QED) is 0.762. The lowest BCUT2D eigenvalue weighted by Crippen LogP contribution is -2.44. The van der Waals surface area contributed by atoms with Crippen LogP contribution in [0.5, 0.6) is 5.75 Å². The average molecular weight is 359 g/mol. The molecule has 1 amide bonds. The van der Waals surface area contributed by atoms with Gasteiger partial charge in [-0.1, -0.05) is 0 Å². The van der Waals surface area contributed by atoms with Gasteiger partial charge in [-0.2, -0.15) is 13.2 Å². The fraction of sp³-hybridized carbons (Fsp3) is 0.611. The molecule has 140 valence electrons. The number of carbonyl (C=O) groups is 1. The highest BCUT2D eigenvalue weighted by molar-refractivity contribution is 5.68. The maximum absolute atomic E-state index is 12.7. The molecule has 4 nitrogen and oxygen atoms in total. The van der Waals surface area contributed by atoms with Gasteiger partial charge in [0.25, 0.3) is 0 Å². The van der Waals surface area contributed by atoms with E-state index in [1.807, 2.05) is 20.8 Å². The SMILES string of the molecule is Cc1cc(C(F)(F)F)ccc1OC1CCN(C(=O)OC(C)(C)C)CC1. The van der Waals surface area contributed by atoms with Gasteiger partial charge in [0.1, 0.15) is 17.5 Å². The van der Waals surface area contributed by atoms with Crippen molar-refractivity contribution in [3.8, 4) is 5.75 Å². The van der Waals surface area contributed by atoms with E-state index in [9.17, 15) is 18.0 Å². The highest BCUT2D eigenvalue weighted by Crippen LogP contribution is 2.33. The Morgan fingerprint density at radius 2 is 1.76 bits per heavy atom. The molecule has 1 aromatic rings. The Labute approximate surface area is 145 Å². The van der Waals surface area contributed by atoms with E-state index in [0.29, 0.717) is 37.2 Å². The summed E-state index contributed by atoms with van der Waals surface area (Å²) < 4.78 is 49.3. The Morgan fingerprint density at radius 3 is 2.24 bits per heavy atom. The third kappa shape index (κ3) is 5.54. The Morgan fingerprint density at radius 1 is 1.16 bits per heavy atom. The molecular weight excluding hydrogens is 335 g/mol. The summed E-state index contributed by atoms with van der Waals surface area (Å²) in [6, 6.07) is 3.47. The monoisotopic (exact) mass is 359 g/mol. The van der Waals surface area contributed by atoms with Gasteiger partial charge in [0.15, 0.2) is 0 Å². The van der Waals surface area contributed by atoms with Gasteiger partial charge in [-0.05, 0) is 51.5 Å². The van der Waals surface area contributed by atoms with Crippen molar-refractivity contribution in [3.63, 3.8) is 0 Å². The van der Waals surface area contributed by atoms with E-state index in [-0.39, 0.29) is 12.2 Å². The molecule has 0 unspecified atom stereocenters. The standard InChI is InChI=1S/C18H24F3NO3/c1-12-11-13(18(19,20)21)5-6-15(12)24-14-7-9-22(10-8-14)16(23)25-17(2,3)4/h5-6,11,14H,7-10H2,1-4H3. The molecule has 7 heteroatoms. The lowest BCUT2D eigenvalue weighted by Gasteiger charge is -2.33. The number of halogens is 3. The number of piperidine rings is 1. The van der Waals surface area contributed by atoms with Crippen LogP contribution in [0.1, 0.15) is 44.7 Å². The Hall–Kier alpha value is -1.92. The molecular formula is C18H24F3NO3. The van der Waals surface area contributed by atoms with E-state index in [2.05, 4.69) is 0 Å². The van der Waals surface area contributed by atoms with Gasteiger partial charge in [-0.15, -0.1) is 0 Å². The Balaban J connectivity index is 1.91. The fourth-order valence-corrected chi connectivity index (χ4v) is 2.62. The van der Waals surface area contributed by atoms with Crippen molar-refractivity contribution in [2.45, 2.75) is 58.4 Å². The molecule has 0 bridgehead atoms. The van der Waals surface area contributed by atoms with Crippen LogP contribution in [-0.4, -0.2) is 35.8 Å². The van der Waals surface area contributed by atoms with Crippen LogP contribution >= 0.6 is 0 Å². The first kappa shape index (κ1) is 19.4. The van der Waals surface area contributed by atoms with Crippen molar-refractivity contribution in [1.82, 2.24) is 4.90 Å². The Kier molecular flexibility index (Phi) is 5.54. The summed E-state index contributed by atoms with van der Waals surface area (Å²) in [6.45, 7) is 8.04. The van der Waals surface area contributed by atoms with Gasteiger partial charge in [0.05, 0.1) is 5.56 Å². The van der Waals surface area contributed by atoms with Crippen molar-refractivity contribution in [3.05, 3.63) is 29.3 Å². The summed E-state index contributed by atoms with van der Waals surface area (Å²) in [6.07, 6.45) is -3.62. The normalized spacial score (nSPS) is 16.7. The topological polar surface area (TPSA) is 38.8 Å². The lowest BCUT2D eigenvalue weighted by molar-refractivity contribution is -0.137. The van der Waals surface area contributed by atoms with Gasteiger partial charge in [0.2, 0.25) is 0 Å². The second-order valence-corrected chi connectivity index (χ2v) is 7.26. The molecule has 0 radical (unpaired) electrons. The summed E-state index contributed by atoms with van der Waals surface area (Å²) in [5.74, 6) is 0.448. The maximum atomic E-state index is 12.7. The van der Waals surface area contributed by atoms with Gasteiger partial charge in [-0.3, -0.25) is 0 Å². The van der Waals surface area contributed by atoms with Crippen LogP contribution in [0.25, 0.3) is 0 Å². The van der Waals surface area contributed by atoms with Gasteiger partial charge in [-0.25, -0.2) is 4.79 Å². The molecule has 0 spiro atoms. The van der Waals surface area contributed by atoms with Crippen molar-refractivity contribution in [1.29, 1.82) is 0 Å². The number of ether oxygens (including phenoxy) is 2. The molecule has 0 saturated carbocycles. The van der Waals surface area contributed by atoms with Gasteiger partial charge >= 0.3 is 12.3 Å². The zero-order chi connectivity index (χ0) is 18.8. The minimum absolute atomic E-state index is 0.130. The van der Waals surface area contributed by atoms with Crippen LogP contribution in [0.15, 0.2) is 18.2 Å². The predicted octanol–water partition coefficient (Wildman–Crippen LogP) is 4.79. The van der Waals surface area contributed by atoms with Crippen molar-refractivity contribution in [2.24, 2.45) is 0 Å². The largest absolute Gasteiger partial charge is 0.490 e. The van der Waals surface area contributed by atoms with E-state index in [0.717, 1.165) is 12.1 Å². The molecule has 2 rings (SSSR count). The van der Waals surface area contributed by atoms with Crippen molar-refractivity contribution >= 4 is 6.09 Å². The first-order valence-corrected chi connectivity index (χ1v) is 8.28. The van der Waals surface area contributed by atoms with E-state index in [1.54, 1.807) is 11.8 Å². The zero-order valence-electron chi connectivity index (χ0n) is 14.9. The third-order valence-corrected chi connectivity index (χ3v) is 3.89. The number of alkyl halides is 3. The van der Waals surface area contributed by atoms with E-state index >= 15 is 0 Å². The number of carbonyl (C=O) groups excluding carboxylic acids is 1. The van der Waals surface area contributed by atoms with E-state index in [4.69, 9.17) is 9.47 Å². The number of nitrogens with zero attached hydrogens (tertiary/aromatic N) is 1. The van der Waals surface area contributed by atoms with Crippen LogP contribution in [-0.2, 0) is 10.9 Å². The summed E-state index contributed by atoms with van der Waals surface area (Å²) in [4.78, 5) is 13.7. The van der Waals surface area contributed by atoms with Crippen LogP contribution in [0.2, 0.25) is 0 Å². The molecule has 1 aliphatic heterocycles. The molecule has 1 fully saturated rings. The summed E-state index contributed by atoms with van der Waals surface area (Å²) in [7, 11) is 0. The summed E-state index contributed by atoms with van der Waals surface area (Å²) >= 11 is 0. The number of likely N-dealkylation sites (tertiary alicyclic amines) is 1. The Bertz CT molecular complexity index is 615. The van der Waals surface area contributed by atoms with Gasteiger partial charge < -0.3 is 14.4 Å². The predicted molar refractivity (Wildman–Crippen MR) is 87.6 cm³/mol. The number of hydrogen-bond donors (Lipinski definition) is 0. The smallest absolute Gasteiger partial charge is 0.416 e. The number of rotatable bonds is 2. The average Bonchev–Trinajstić information content (AvgIpc) is 2.47. The number of hydrogen-bond acceptors (Lipinski definition) is 3. The van der Waals surface area contributed by atoms with Gasteiger partial charge in [0, 0.05) is 25.9 Å². The minimum Gasteiger partial charge on any atom is -0.490 e. The second-order valence-electron chi connectivity index (χ2n) is 7.26. The zero-order valence-corrected chi connectivity index (χ0v) is 14.9. The van der Waals surface area contributed by atoms with E-state index < -0.39 is 17.3 Å². The highest BCUT2D eigenvalue weighted by Gasteiger charge is 2.31. The highest BCUT2D eigenvalue weighted by atomic mass is 19.4.